The Labute approximate surface area is 106 Å². The molecule has 1 aromatic carbocycles. The van der Waals surface area contributed by atoms with Crippen LogP contribution < -0.4 is 4.74 Å². The molecular weight excluding hydrogens is 267 g/mol. The first kappa shape index (κ1) is 11.8. The smallest absolute Gasteiger partial charge is 0.371 e. The van der Waals surface area contributed by atoms with E-state index in [-0.39, 0.29) is 11.7 Å². The Bertz CT molecular complexity index is 542. The van der Waals surface area contributed by atoms with Gasteiger partial charge in [0.2, 0.25) is 5.76 Å². The summed E-state index contributed by atoms with van der Waals surface area (Å²) in [5.41, 5.74) is 0. The van der Waals surface area contributed by atoms with Crippen molar-refractivity contribution < 1.29 is 19.1 Å². The highest BCUT2D eigenvalue weighted by Crippen LogP contribution is 2.29. The van der Waals surface area contributed by atoms with E-state index in [1.165, 1.54) is 24.3 Å². The largest absolute Gasteiger partial charge is 0.475 e. The van der Waals surface area contributed by atoms with Crippen LogP contribution in [0.5, 0.6) is 11.7 Å². The van der Waals surface area contributed by atoms with Crippen molar-refractivity contribution in [2.75, 3.05) is 0 Å². The number of carboxylic acid groups (broad SMARTS) is 1. The van der Waals surface area contributed by atoms with Crippen LogP contribution in [0.25, 0.3) is 0 Å². The van der Waals surface area contributed by atoms with E-state index in [9.17, 15) is 4.79 Å². The van der Waals surface area contributed by atoms with Gasteiger partial charge >= 0.3 is 5.97 Å². The fraction of sp³-hybridized carbons (Fsp3) is 0. The zero-order valence-electron chi connectivity index (χ0n) is 8.31. The fourth-order valence-electron chi connectivity index (χ4n) is 1.19. The minimum Gasteiger partial charge on any atom is -0.475 e. The maximum absolute atomic E-state index is 10.6. The molecule has 1 heterocycles. The third-order valence-corrected chi connectivity index (χ3v) is 2.28. The Hall–Kier alpha value is -1.65. The molecule has 0 saturated heterocycles. The lowest BCUT2D eigenvalue weighted by Crippen LogP contribution is -1.91. The summed E-state index contributed by atoms with van der Waals surface area (Å²) >= 11 is 11.6. The molecular formula is C11H6Cl2O4. The first-order valence-electron chi connectivity index (χ1n) is 4.51. The number of benzene rings is 1. The van der Waals surface area contributed by atoms with Crippen molar-refractivity contribution in [2.24, 2.45) is 0 Å². The van der Waals surface area contributed by atoms with E-state index in [4.69, 9.17) is 37.5 Å². The summed E-state index contributed by atoms with van der Waals surface area (Å²) in [5.74, 6) is -0.938. The summed E-state index contributed by atoms with van der Waals surface area (Å²) in [6.07, 6.45) is 0. The van der Waals surface area contributed by atoms with Gasteiger partial charge in [-0.25, -0.2) is 4.79 Å². The van der Waals surface area contributed by atoms with Gasteiger partial charge in [0.1, 0.15) is 5.75 Å². The first-order valence-corrected chi connectivity index (χ1v) is 5.27. The van der Waals surface area contributed by atoms with Crippen molar-refractivity contribution in [3.63, 3.8) is 0 Å². The predicted molar refractivity (Wildman–Crippen MR) is 62.2 cm³/mol. The lowest BCUT2D eigenvalue weighted by molar-refractivity contribution is 0.0657. The molecule has 0 bridgehead atoms. The van der Waals surface area contributed by atoms with Gasteiger partial charge in [-0.05, 0) is 24.3 Å². The van der Waals surface area contributed by atoms with Gasteiger partial charge < -0.3 is 14.3 Å². The Morgan fingerprint density at radius 1 is 1.18 bits per heavy atom. The summed E-state index contributed by atoms with van der Waals surface area (Å²) in [5, 5.41) is 9.49. The second kappa shape index (κ2) is 4.69. The van der Waals surface area contributed by atoms with E-state index in [0.717, 1.165) is 0 Å². The van der Waals surface area contributed by atoms with Crippen LogP contribution in [0.4, 0.5) is 0 Å². The first-order chi connectivity index (χ1) is 8.04. The number of hydrogen-bond acceptors (Lipinski definition) is 3. The van der Waals surface area contributed by atoms with Gasteiger partial charge in [-0.15, -0.1) is 0 Å². The normalized spacial score (nSPS) is 10.2. The molecule has 17 heavy (non-hydrogen) atoms. The predicted octanol–water partition coefficient (Wildman–Crippen LogP) is 4.08. The van der Waals surface area contributed by atoms with E-state index >= 15 is 0 Å². The average molecular weight is 273 g/mol. The minimum absolute atomic E-state index is 0.0562. The number of halogens is 2. The third kappa shape index (κ3) is 2.93. The molecule has 0 aliphatic carbocycles. The number of furan rings is 1. The summed E-state index contributed by atoms with van der Waals surface area (Å²) in [4.78, 5) is 10.6. The minimum atomic E-state index is -1.16. The van der Waals surface area contributed by atoms with Crippen LogP contribution in [0.15, 0.2) is 34.7 Å². The van der Waals surface area contributed by atoms with Crippen molar-refractivity contribution in [2.45, 2.75) is 0 Å². The standard InChI is InChI=1S/C11H6Cl2O4/c12-6-3-7(13)5-8(4-6)16-10-2-1-9(17-10)11(14)15/h1-5H,(H,14,15). The highest BCUT2D eigenvalue weighted by atomic mass is 35.5. The van der Waals surface area contributed by atoms with Crippen LogP contribution in [0.1, 0.15) is 10.6 Å². The Morgan fingerprint density at radius 2 is 1.82 bits per heavy atom. The van der Waals surface area contributed by atoms with Crippen molar-refractivity contribution in [3.8, 4) is 11.7 Å². The molecule has 0 amide bonds. The summed E-state index contributed by atoms with van der Waals surface area (Å²) < 4.78 is 10.2. The SMILES string of the molecule is O=C(O)c1ccc(Oc2cc(Cl)cc(Cl)c2)o1. The molecule has 0 spiro atoms. The Kier molecular flexibility index (Phi) is 3.26. The van der Waals surface area contributed by atoms with Gasteiger partial charge in [-0.3, -0.25) is 0 Å². The van der Waals surface area contributed by atoms with Crippen molar-refractivity contribution in [1.82, 2.24) is 0 Å². The van der Waals surface area contributed by atoms with Crippen LogP contribution in [0.2, 0.25) is 10.0 Å². The van der Waals surface area contributed by atoms with E-state index in [0.29, 0.717) is 15.8 Å². The van der Waals surface area contributed by atoms with Gasteiger partial charge in [0, 0.05) is 16.1 Å². The van der Waals surface area contributed by atoms with Crippen LogP contribution in [-0.4, -0.2) is 11.1 Å². The molecule has 0 aliphatic heterocycles. The summed E-state index contributed by atoms with van der Waals surface area (Å²) in [6, 6.07) is 7.33. The molecule has 6 heteroatoms. The number of rotatable bonds is 3. The number of aromatic carboxylic acids is 1. The van der Waals surface area contributed by atoms with Crippen LogP contribution in [0, 0.1) is 0 Å². The second-order valence-electron chi connectivity index (χ2n) is 3.13. The van der Waals surface area contributed by atoms with Crippen molar-refractivity contribution in [1.29, 1.82) is 0 Å². The highest BCUT2D eigenvalue weighted by molar-refractivity contribution is 6.34. The molecule has 2 aromatic rings. The Morgan fingerprint density at radius 3 is 2.35 bits per heavy atom. The average Bonchev–Trinajstić information content (AvgIpc) is 2.64. The van der Waals surface area contributed by atoms with Gasteiger partial charge in [-0.2, -0.15) is 0 Å². The van der Waals surface area contributed by atoms with Crippen molar-refractivity contribution >= 4 is 29.2 Å². The second-order valence-corrected chi connectivity index (χ2v) is 4.00. The number of carboxylic acids is 1. The molecule has 1 aromatic heterocycles. The molecule has 0 saturated carbocycles. The van der Waals surface area contributed by atoms with E-state index in [2.05, 4.69) is 0 Å². The van der Waals surface area contributed by atoms with Gasteiger partial charge in [0.05, 0.1) is 0 Å². The fourth-order valence-corrected chi connectivity index (χ4v) is 1.70. The van der Waals surface area contributed by atoms with Crippen LogP contribution >= 0.6 is 23.2 Å². The molecule has 0 radical (unpaired) electrons. The number of ether oxygens (including phenoxy) is 1. The summed E-state index contributed by atoms with van der Waals surface area (Å²) in [6.45, 7) is 0. The molecule has 1 N–H and O–H groups in total. The number of hydrogen-bond donors (Lipinski definition) is 1. The molecule has 0 aliphatic rings. The topological polar surface area (TPSA) is 59.7 Å². The van der Waals surface area contributed by atoms with Crippen LogP contribution in [0.3, 0.4) is 0 Å². The maximum Gasteiger partial charge on any atom is 0.371 e. The van der Waals surface area contributed by atoms with Gasteiger partial charge in [0.25, 0.3) is 5.95 Å². The zero-order valence-corrected chi connectivity index (χ0v) is 9.83. The van der Waals surface area contributed by atoms with Crippen molar-refractivity contribution in [3.05, 3.63) is 46.1 Å². The van der Waals surface area contributed by atoms with Crippen LogP contribution in [-0.2, 0) is 0 Å². The molecule has 2 rings (SSSR count). The lowest BCUT2D eigenvalue weighted by Gasteiger charge is -2.02. The van der Waals surface area contributed by atoms with E-state index < -0.39 is 5.97 Å². The molecule has 4 nitrogen and oxygen atoms in total. The maximum atomic E-state index is 10.6. The molecule has 88 valence electrons. The molecule has 0 fully saturated rings. The number of carbonyl (C=O) groups is 1. The lowest BCUT2D eigenvalue weighted by atomic mass is 10.3. The van der Waals surface area contributed by atoms with E-state index in [1.54, 1.807) is 6.07 Å². The summed E-state index contributed by atoms with van der Waals surface area (Å²) in [7, 11) is 0. The Balaban J connectivity index is 2.22. The van der Waals surface area contributed by atoms with Gasteiger partial charge in [0.15, 0.2) is 0 Å². The quantitative estimate of drug-likeness (QED) is 0.915. The molecule has 0 atom stereocenters. The van der Waals surface area contributed by atoms with Gasteiger partial charge in [-0.1, -0.05) is 23.2 Å². The third-order valence-electron chi connectivity index (χ3n) is 1.85. The highest BCUT2D eigenvalue weighted by Gasteiger charge is 2.10. The van der Waals surface area contributed by atoms with E-state index in [1.807, 2.05) is 0 Å². The monoisotopic (exact) mass is 272 g/mol. The molecule has 0 unspecified atom stereocenters. The zero-order chi connectivity index (χ0) is 12.4.